The van der Waals surface area contributed by atoms with Crippen LogP contribution < -0.4 is 15.8 Å². The Morgan fingerprint density at radius 3 is 2.70 bits per heavy atom. The third-order valence-electron chi connectivity index (χ3n) is 2.67. The molecule has 2 aromatic carbocycles. The van der Waals surface area contributed by atoms with E-state index in [4.69, 9.17) is 22.1 Å². The Labute approximate surface area is 120 Å². The molecule has 4 nitrogen and oxygen atoms in total. The molecule has 0 saturated carbocycles. The lowest BCUT2D eigenvalue weighted by atomic mass is 10.1. The number of nitrogens with two attached hydrogens (primary N) is 1. The maximum Gasteiger partial charge on any atom is 0.255 e. The van der Waals surface area contributed by atoms with E-state index in [1.807, 2.05) is 0 Å². The summed E-state index contributed by atoms with van der Waals surface area (Å²) >= 11 is 5.76. The van der Waals surface area contributed by atoms with Crippen molar-refractivity contribution in [1.82, 2.24) is 0 Å². The van der Waals surface area contributed by atoms with Crippen LogP contribution in [0.15, 0.2) is 36.4 Å². The van der Waals surface area contributed by atoms with Gasteiger partial charge >= 0.3 is 0 Å². The first kappa shape index (κ1) is 14.1. The molecule has 0 aliphatic carbocycles. The van der Waals surface area contributed by atoms with E-state index < -0.39 is 11.7 Å². The first-order valence-electron chi connectivity index (χ1n) is 5.71. The molecule has 0 bridgehead atoms. The number of carbonyl (C=O) groups is 1. The van der Waals surface area contributed by atoms with Gasteiger partial charge in [-0.05, 0) is 36.4 Å². The van der Waals surface area contributed by atoms with Crippen LogP contribution in [0.4, 0.5) is 15.8 Å². The Morgan fingerprint density at radius 1 is 1.30 bits per heavy atom. The summed E-state index contributed by atoms with van der Waals surface area (Å²) in [5.74, 6) is -0.583. The average molecular weight is 295 g/mol. The van der Waals surface area contributed by atoms with Gasteiger partial charge in [0.15, 0.2) is 0 Å². The maximum absolute atomic E-state index is 13.5. The summed E-state index contributed by atoms with van der Waals surface area (Å²) in [6, 6.07) is 8.47. The number of benzene rings is 2. The molecule has 6 heteroatoms. The fourth-order valence-electron chi connectivity index (χ4n) is 1.66. The zero-order valence-electron chi connectivity index (χ0n) is 10.6. The van der Waals surface area contributed by atoms with E-state index in [9.17, 15) is 9.18 Å². The average Bonchev–Trinajstić information content (AvgIpc) is 2.42. The molecule has 3 N–H and O–H groups in total. The van der Waals surface area contributed by atoms with Crippen molar-refractivity contribution in [3.8, 4) is 5.75 Å². The molecule has 20 heavy (non-hydrogen) atoms. The summed E-state index contributed by atoms with van der Waals surface area (Å²) < 4.78 is 18.5. The minimum atomic E-state index is -0.566. The summed E-state index contributed by atoms with van der Waals surface area (Å²) in [7, 11) is 1.48. The molecular formula is C14H12ClFN2O2. The van der Waals surface area contributed by atoms with E-state index in [2.05, 4.69) is 5.32 Å². The molecule has 2 aromatic rings. The number of nitrogens with one attached hydrogen (secondary N) is 1. The summed E-state index contributed by atoms with van der Waals surface area (Å²) in [6.45, 7) is 0. The predicted octanol–water partition coefficient (Wildman–Crippen LogP) is 3.32. The largest absolute Gasteiger partial charge is 0.495 e. The van der Waals surface area contributed by atoms with Gasteiger partial charge in [0.2, 0.25) is 0 Å². The van der Waals surface area contributed by atoms with E-state index >= 15 is 0 Å². The summed E-state index contributed by atoms with van der Waals surface area (Å²) in [5, 5.41) is 2.77. The molecule has 0 heterocycles. The van der Waals surface area contributed by atoms with Crippen LogP contribution in [0.25, 0.3) is 0 Å². The first-order valence-corrected chi connectivity index (χ1v) is 6.09. The molecule has 0 radical (unpaired) electrons. The number of halogens is 2. The van der Waals surface area contributed by atoms with Gasteiger partial charge in [0.25, 0.3) is 5.91 Å². The lowest BCUT2D eigenvalue weighted by molar-refractivity contribution is 0.102. The fraction of sp³-hybridized carbons (Fsp3) is 0.0714. The van der Waals surface area contributed by atoms with Crippen LogP contribution in [-0.2, 0) is 0 Å². The van der Waals surface area contributed by atoms with Crippen molar-refractivity contribution in [3.05, 3.63) is 52.8 Å². The van der Waals surface area contributed by atoms with Crippen LogP contribution >= 0.6 is 11.6 Å². The highest BCUT2D eigenvalue weighted by atomic mass is 35.5. The number of nitrogen functional groups attached to an aromatic ring is 1. The van der Waals surface area contributed by atoms with Crippen LogP contribution in [0.3, 0.4) is 0 Å². The van der Waals surface area contributed by atoms with Crippen molar-refractivity contribution in [3.63, 3.8) is 0 Å². The quantitative estimate of drug-likeness (QED) is 0.854. The Morgan fingerprint density at radius 2 is 2.05 bits per heavy atom. The van der Waals surface area contributed by atoms with Crippen molar-refractivity contribution >= 4 is 28.9 Å². The third-order valence-corrected chi connectivity index (χ3v) is 2.90. The highest BCUT2D eigenvalue weighted by Gasteiger charge is 2.11. The molecule has 0 atom stereocenters. The summed E-state index contributed by atoms with van der Waals surface area (Å²) in [6.07, 6.45) is 0. The number of ether oxygens (including phenoxy) is 1. The van der Waals surface area contributed by atoms with Crippen molar-refractivity contribution in [2.24, 2.45) is 0 Å². The molecule has 0 aliphatic rings. The van der Waals surface area contributed by atoms with E-state index in [0.717, 1.165) is 0 Å². The molecule has 0 fully saturated rings. The minimum Gasteiger partial charge on any atom is -0.495 e. The van der Waals surface area contributed by atoms with E-state index in [0.29, 0.717) is 22.0 Å². The second-order valence-electron chi connectivity index (χ2n) is 4.04. The second kappa shape index (κ2) is 5.79. The normalized spacial score (nSPS) is 10.2. The lowest BCUT2D eigenvalue weighted by Crippen LogP contribution is -2.13. The van der Waals surface area contributed by atoms with Gasteiger partial charge in [-0.1, -0.05) is 11.6 Å². The Balaban J connectivity index is 2.24. The number of amides is 1. The van der Waals surface area contributed by atoms with Crippen LogP contribution in [-0.4, -0.2) is 13.0 Å². The number of rotatable bonds is 3. The highest BCUT2D eigenvalue weighted by Crippen LogP contribution is 2.24. The number of hydrogen-bond donors (Lipinski definition) is 2. The maximum atomic E-state index is 13.5. The standard InChI is InChI=1S/C14H12ClFN2O2/c1-20-13-5-2-8(6-11(13)17)14(19)18-12-7-9(15)3-4-10(12)16/h2-7H,17H2,1H3,(H,18,19). The summed E-state index contributed by atoms with van der Waals surface area (Å²) in [4.78, 5) is 12.0. The first-order chi connectivity index (χ1) is 9.51. The zero-order chi connectivity index (χ0) is 14.7. The van der Waals surface area contributed by atoms with Crippen LogP contribution in [0, 0.1) is 5.82 Å². The van der Waals surface area contributed by atoms with Gasteiger partial charge in [0.05, 0.1) is 18.5 Å². The third kappa shape index (κ3) is 3.00. The van der Waals surface area contributed by atoms with Gasteiger partial charge in [-0.25, -0.2) is 4.39 Å². The molecule has 104 valence electrons. The number of carbonyl (C=O) groups excluding carboxylic acids is 1. The molecule has 0 aromatic heterocycles. The van der Waals surface area contributed by atoms with Crippen molar-refractivity contribution in [2.45, 2.75) is 0 Å². The number of methoxy groups -OCH3 is 1. The van der Waals surface area contributed by atoms with Gasteiger partial charge in [0, 0.05) is 10.6 Å². The second-order valence-corrected chi connectivity index (χ2v) is 4.47. The van der Waals surface area contributed by atoms with Gasteiger partial charge < -0.3 is 15.8 Å². The molecular weight excluding hydrogens is 283 g/mol. The van der Waals surface area contributed by atoms with Crippen molar-refractivity contribution in [2.75, 3.05) is 18.2 Å². The van der Waals surface area contributed by atoms with Gasteiger partial charge in [-0.2, -0.15) is 0 Å². The summed E-state index contributed by atoms with van der Waals surface area (Å²) in [5.41, 5.74) is 6.35. The Bertz CT molecular complexity index is 662. The van der Waals surface area contributed by atoms with Crippen molar-refractivity contribution < 1.29 is 13.9 Å². The van der Waals surface area contributed by atoms with Crippen molar-refractivity contribution in [1.29, 1.82) is 0 Å². The molecule has 0 aliphatic heterocycles. The monoisotopic (exact) mass is 294 g/mol. The molecule has 0 unspecified atom stereocenters. The van der Waals surface area contributed by atoms with Gasteiger partial charge in [0.1, 0.15) is 11.6 Å². The number of hydrogen-bond acceptors (Lipinski definition) is 3. The Hall–Kier alpha value is -2.27. The van der Waals surface area contributed by atoms with Crippen LogP contribution in [0.2, 0.25) is 5.02 Å². The van der Waals surface area contributed by atoms with Gasteiger partial charge in [-0.3, -0.25) is 4.79 Å². The van der Waals surface area contributed by atoms with E-state index in [1.54, 1.807) is 6.07 Å². The number of anilines is 2. The van der Waals surface area contributed by atoms with Crippen LogP contribution in [0.1, 0.15) is 10.4 Å². The smallest absolute Gasteiger partial charge is 0.255 e. The lowest BCUT2D eigenvalue weighted by Gasteiger charge is -2.09. The van der Waals surface area contributed by atoms with Crippen LogP contribution in [0.5, 0.6) is 5.75 Å². The molecule has 1 amide bonds. The highest BCUT2D eigenvalue weighted by molar-refractivity contribution is 6.31. The molecule has 2 rings (SSSR count). The molecule has 0 saturated heterocycles. The fourth-order valence-corrected chi connectivity index (χ4v) is 1.84. The Kier molecular flexibility index (Phi) is 4.10. The van der Waals surface area contributed by atoms with Gasteiger partial charge in [-0.15, -0.1) is 0 Å². The SMILES string of the molecule is COc1ccc(C(=O)Nc2cc(Cl)ccc2F)cc1N. The van der Waals surface area contributed by atoms with E-state index in [1.165, 1.54) is 37.4 Å². The zero-order valence-corrected chi connectivity index (χ0v) is 11.4. The minimum absolute atomic E-state index is 0.0110. The predicted molar refractivity (Wildman–Crippen MR) is 76.8 cm³/mol. The topological polar surface area (TPSA) is 64.3 Å². The van der Waals surface area contributed by atoms with E-state index in [-0.39, 0.29) is 5.69 Å². The molecule has 0 spiro atoms.